The Labute approximate surface area is 126 Å². The molecule has 0 saturated carbocycles. The number of tetrazole rings is 1. The molecule has 0 saturated heterocycles. The van der Waals surface area contributed by atoms with Crippen LogP contribution in [0.15, 0.2) is 43.0 Å². The number of nitrogens with zero attached hydrogens (tertiary/aromatic N) is 4. The van der Waals surface area contributed by atoms with Crippen LogP contribution in [0.25, 0.3) is 5.69 Å². The first-order valence-corrected chi connectivity index (χ1v) is 6.63. The van der Waals surface area contributed by atoms with E-state index in [1.807, 2.05) is 30.3 Å². The van der Waals surface area contributed by atoms with Crippen molar-refractivity contribution in [1.29, 1.82) is 0 Å². The lowest BCUT2D eigenvalue weighted by molar-refractivity contribution is -0.139. The van der Waals surface area contributed by atoms with E-state index in [1.165, 1.54) is 4.68 Å². The van der Waals surface area contributed by atoms with Crippen LogP contribution in [0.1, 0.15) is 0 Å². The number of hydrogen-bond acceptors (Lipinski definition) is 6. The first-order chi connectivity index (χ1) is 10.2. The van der Waals surface area contributed by atoms with Crippen molar-refractivity contribution < 1.29 is 14.3 Å². The number of rotatable bonds is 7. The average molecular weight is 309 g/mol. The molecule has 1 aromatic heterocycles. The standard InChI is InChI=1S/C13H13ClN4O3/c1-2-12(19)20-9-11(8-14)21-13-15-16-17-18(13)10-6-4-3-5-7-10/h2-7,11H,1,8-9H2. The number of alkyl halides is 1. The molecule has 7 nitrogen and oxygen atoms in total. The molecule has 0 aliphatic heterocycles. The molecule has 0 spiro atoms. The van der Waals surface area contributed by atoms with Crippen molar-refractivity contribution >= 4 is 17.6 Å². The number of carbonyl (C=O) groups is 1. The molecule has 1 aromatic carbocycles. The van der Waals surface area contributed by atoms with E-state index in [-0.39, 0.29) is 18.5 Å². The van der Waals surface area contributed by atoms with Gasteiger partial charge in [-0.15, -0.1) is 11.6 Å². The topological polar surface area (TPSA) is 79.1 Å². The first-order valence-electron chi connectivity index (χ1n) is 6.10. The highest BCUT2D eigenvalue weighted by atomic mass is 35.5. The van der Waals surface area contributed by atoms with Crippen molar-refractivity contribution in [2.75, 3.05) is 12.5 Å². The van der Waals surface area contributed by atoms with Gasteiger partial charge in [0, 0.05) is 6.08 Å². The molecule has 0 amide bonds. The molecule has 110 valence electrons. The molecule has 0 aliphatic carbocycles. The van der Waals surface area contributed by atoms with Gasteiger partial charge >= 0.3 is 12.0 Å². The Morgan fingerprint density at radius 3 is 2.86 bits per heavy atom. The predicted octanol–water partition coefficient (Wildman–Crippen LogP) is 1.38. The summed E-state index contributed by atoms with van der Waals surface area (Å²) in [6, 6.07) is 9.41. The summed E-state index contributed by atoms with van der Waals surface area (Å²) in [6.45, 7) is 3.29. The van der Waals surface area contributed by atoms with Crippen molar-refractivity contribution in [2.24, 2.45) is 0 Å². The third kappa shape index (κ3) is 4.03. The SMILES string of the molecule is C=CC(=O)OCC(CCl)Oc1nnnn1-c1ccccc1. The number of esters is 1. The lowest BCUT2D eigenvalue weighted by Gasteiger charge is -2.15. The zero-order valence-corrected chi connectivity index (χ0v) is 11.8. The molecule has 2 aromatic rings. The number of ether oxygens (including phenoxy) is 2. The number of para-hydroxylation sites is 1. The number of carbonyl (C=O) groups excluding carboxylic acids is 1. The monoisotopic (exact) mass is 308 g/mol. The lowest BCUT2D eigenvalue weighted by Crippen LogP contribution is -2.27. The fourth-order valence-corrected chi connectivity index (χ4v) is 1.63. The predicted molar refractivity (Wildman–Crippen MR) is 75.4 cm³/mol. The Kier molecular flexibility index (Phi) is 5.28. The van der Waals surface area contributed by atoms with Gasteiger partial charge in [0.15, 0.2) is 0 Å². The van der Waals surface area contributed by atoms with Gasteiger partial charge in [-0.05, 0) is 22.6 Å². The van der Waals surface area contributed by atoms with Gasteiger partial charge in [0.05, 0.1) is 11.6 Å². The Morgan fingerprint density at radius 1 is 1.43 bits per heavy atom. The van der Waals surface area contributed by atoms with Crippen molar-refractivity contribution in [1.82, 2.24) is 20.2 Å². The summed E-state index contributed by atoms with van der Waals surface area (Å²) in [4.78, 5) is 11.0. The highest BCUT2D eigenvalue weighted by Gasteiger charge is 2.17. The Bertz CT molecular complexity index is 602. The third-order valence-electron chi connectivity index (χ3n) is 2.46. The summed E-state index contributed by atoms with van der Waals surface area (Å²) in [6.07, 6.45) is 0.503. The normalized spacial score (nSPS) is 11.7. The van der Waals surface area contributed by atoms with E-state index in [2.05, 4.69) is 22.1 Å². The summed E-state index contributed by atoms with van der Waals surface area (Å²) in [5.41, 5.74) is 0.744. The number of halogens is 1. The third-order valence-corrected chi connectivity index (χ3v) is 2.81. The highest BCUT2D eigenvalue weighted by molar-refractivity contribution is 6.18. The molecule has 21 heavy (non-hydrogen) atoms. The molecule has 0 N–H and O–H groups in total. The van der Waals surface area contributed by atoms with Crippen LogP contribution in [-0.2, 0) is 9.53 Å². The number of benzene rings is 1. The Balaban J connectivity index is 2.07. The molecule has 0 fully saturated rings. The second-order valence-electron chi connectivity index (χ2n) is 3.94. The quantitative estimate of drug-likeness (QED) is 0.437. The van der Waals surface area contributed by atoms with Crippen molar-refractivity contribution in [3.8, 4) is 11.7 Å². The van der Waals surface area contributed by atoms with E-state index in [0.29, 0.717) is 0 Å². The molecule has 1 unspecified atom stereocenters. The fourth-order valence-electron chi connectivity index (χ4n) is 1.48. The average Bonchev–Trinajstić information content (AvgIpc) is 2.99. The first kappa shape index (κ1) is 15.0. The molecule has 1 atom stereocenters. The molecule has 8 heteroatoms. The van der Waals surface area contributed by atoms with Gasteiger partial charge < -0.3 is 9.47 Å². The van der Waals surface area contributed by atoms with E-state index in [4.69, 9.17) is 21.1 Å². The molecule has 0 aliphatic rings. The summed E-state index contributed by atoms with van der Waals surface area (Å²) >= 11 is 5.79. The van der Waals surface area contributed by atoms with Gasteiger partial charge in [-0.1, -0.05) is 29.9 Å². The van der Waals surface area contributed by atoms with Crippen LogP contribution >= 0.6 is 11.6 Å². The molecule has 2 rings (SSSR count). The van der Waals surface area contributed by atoms with E-state index in [0.717, 1.165) is 11.8 Å². The minimum absolute atomic E-state index is 0.0179. The van der Waals surface area contributed by atoms with Crippen molar-refractivity contribution in [2.45, 2.75) is 6.10 Å². The summed E-state index contributed by atoms with van der Waals surface area (Å²) in [5.74, 6) is -0.428. The van der Waals surface area contributed by atoms with Gasteiger partial charge in [-0.3, -0.25) is 0 Å². The number of aromatic nitrogens is 4. The van der Waals surface area contributed by atoms with Gasteiger partial charge in [0.25, 0.3) is 0 Å². The molecule has 0 radical (unpaired) electrons. The highest BCUT2D eigenvalue weighted by Crippen LogP contribution is 2.14. The molecular weight excluding hydrogens is 296 g/mol. The van der Waals surface area contributed by atoms with Crippen LogP contribution in [0, 0.1) is 0 Å². The van der Waals surface area contributed by atoms with Crippen molar-refractivity contribution in [3.63, 3.8) is 0 Å². The minimum atomic E-state index is -0.566. The zero-order chi connectivity index (χ0) is 15.1. The lowest BCUT2D eigenvalue weighted by atomic mass is 10.3. The largest absolute Gasteiger partial charge is 0.459 e. The minimum Gasteiger partial charge on any atom is -0.459 e. The van der Waals surface area contributed by atoms with Crippen LogP contribution in [0.2, 0.25) is 0 Å². The second kappa shape index (κ2) is 7.39. The van der Waals surface area contributed by atoms with Crippen LogP contribution in [-0.4, -0.2) is 44.8 Å². The zero-order valence-electron chi connectivity index (χ0n) is 11.1. The summed E-state index contributed by atoms with van der Waals surface area (Å²) in [7, 11) is 0. The number of hydrogen-bond donors (Lipinski definition) is 0. The Hall–Kier alpha value is -2.41. The van der Waals surface area contributed by atoms with Crippen LogP contribution < -0.4 is 4.74 Å². The maximum absolute atomic E-state index is 11.0. The van der Waals surface area contributed by atoms with E-state index >= 15 is 0 Å². The smallest absolute Gasteiger partial charge is 0.340 e. The van der Waals surface area contributed by atoms with Crippen LogP contribution in [0.5, 0.6) is 6.01 Å². The summed E-state index contributed by atoms with van der Waals surface area (Å²) in [5, 5.41) is 11.2. The van der Waals surface area contributed by atoms with E-state index in [9.17, 15) is 4.79 Å². The molecule has 1 heterocycles. The maximum Gasteiger partial charge on any atom is 0.340 e. The van der Waals surface area contributed by atoms with E-state index < -0.39 is 12.1 Å². The summed E-state index contributed by atoms with van der Waals surface area (Å²) < 4.78 is 11.9. The fraction of sp³-hybridized carbons (Fsp3) is 0.231. The van der Waals surface area contributed by atoms with Crippen LogP contribution in [0.3, 0.4) is 0 Å². The van der Waals surface area contributed by atoms with Gasteiger partial charge in [-0.25, -0.2) is 4.79 Å². The van der Waals surface area contributed by atoms with Gasteiger partial charge in [0.2, 0.25) is 0 Å². The van der Waals surface area contributed by atoms with Crippen molar-refractivity contribution in [3.05, 3.63) is 43.0 Å². The van der Waals surface area contributed by atoms with Crippen LogP contribution in [0.4, 0.5) is 0 Å². The van der Waals surface area contributed by atoms with Gasteiger partial charge in [0.1, 0.15) is 12.7 Å². The second-order valence-corrected chi connectivity index (χ2v) is 4.25. The van der Waals surface area contributed by atoms with E-state index in [1.54, 1.807) is 0 Å². The Morgan fingerprint density at radius 2 is 2.19 bits per heavy atom. The van der Waals surface area contributed by atoms with Gasteiger partial charge in [-0.2, -0.15) is 4.68 Å². The maximum atomic E-state index is 11.0. The molecular formula is C13H13ClN4O3. The molecule has 0 bridgehead atoms.